The second-order valence-electron chi connectivity index (χ2n) is 9.99. The van der Waals surface area contributed by atoms with Crippen molar-refractivity contribution in [2.45, 2.75) is 44.2 Å². The summed E-state index contributed by atoms with van der Waals surface area (Å²) >= 11 is 0. The summed E-state index contributed by atoms with van der Waals surface area (Å²) in [5.41, 5.74) is 15.1. The van der Waals surface area contributed by atoms with Crippen LogP contribution < -0.4 is 10.6 Å². The van der Waals surface area contributed by atoms with E-state index in [-0.39, 0.29) is 12.1 Å². The third kappa shape index (κ3) is 5.21. The molecule has 3 aromatic rings. The summed E-state index contributed by atoms with van der Waals surface area (Å²) in [6.45, 7) is 2.29. The molecule has 0 amide bonds. The summed E-state index contributed by atoms with van der Waals surface area (Å²) in [5.74, 6) is -0.222. The lowest BCUT2D eigenvalue weighted by Gasteiger charge is -2.44. The number of hydrogen-bond donors (Lipinski definition) is 2. The van der Waals surface area contributed by atoms with Gasteiger partial charge < -0.3 is 15.7 Å². The molecule has 0 spiro atoms. The Bertz CT molecular complexity index is 1370. The average molecular weight is 492 g/mol. The minimum atomic E-state index is -0.949. The first-order valence-corrected chi connectivity index (χ1v) is 12.8. The van der Waals surface area contributed by atoms with Gasteiger partial charge in [0.15, 0.2) is 0 Å². The van der Waals surface area contributed by atoms with E-state index in [0.717, 1.165) is 29.0 Å². The minimum absolute atomic E-state index is 0.0298. The van der Waals surface area contributed by atoms with Gasteiger partial charge in [0.25, 0.3) is 0 Å². The molecule has 5 nitrogen and oxygen atoms in total. The molecule has 0 bridgehead atoms. The van der Waals surface area contributed by atoms with Crippen molar-refractivity contribution in [3.63, 3.8) is 0 Å². The Morgan fingerprint density at radius 2 is 1.73 bits per heavy atom. The Balaban J connectivity index is 1.58. The number of benzene rings is 3. The van der Waals surface area contributed by atoms with Gasteiger partial charge in [-0.15, -0.1) is 0 Å². The van der Waals surface area contributed by atoms with Gasteiger partial charge in [-0.1, -0.05) is 54.6 Å². The predicted octanol–water partition coefficient (Wildman–Crippen LogP) is 6.20. The zero-order valence-corrected chi connectivity index (χ0v) is 21.3. The highest BCUT2D eigenvalue weighted by atomic mass is 16.4. The highest BCUT2D eigenvalue weighted by Crippen LogP contribution is 2.44. The summed E-state index contributed by atoms with van der Waals surface area (Å²) in [4.78, 5) is 17.6. The number of rotatable bonds is 7. The van der Waals surface area contributed by atoms with Gasteiger partial charge in [-0.2, -0.15) is 0 Å². The number of nitrogens with two attached hydrogens (primary N) is 1. The van der Waals surface area contributed by atoms with Crippen LogP contribution in [0, 0.1) is 0 Å². The molecule has 1 fully saturated rings. The van der Waals surface area contributed by atoms with Gasteiger partial charge in [0, 0.05) is 42.8 Å². The van der Waals surface area contributed by atoms with E-state index in [4.69, 9.17) is 10.8 Å². The van der Waals surface area contributed by atoms with E-state index in [1.807, 2.05) is 12.1 Å². The Morgan fingerprint density at radius 1 is 1.03 bits per heavy atom. The average Bonchev–Trinajstić information content (AvgIpc) is 3.76. The van der Waals surface area contributed by atoms with Crippen LogP contribution in [0.15, 0.2) is 84.0 Å². The second kappa shape index (κ2) is 10.5. The number of fused-ring (bicyclic) bond motifs is 1. The van der Waals surface area contributed by atoms with Crippen LogP contribution >= 0.6 is 0 Å². The fraction of sp³-hybridized carbons (Fsp3) is 0.250. The molecule has 3 aromatic carbocycles. The molecule has 37 heavy (non-hydrogen) atoms. The molecule has 5 rings (SSSR count). The lowest BCUT2D eigenvalue weighted by atomic mass is 9.83. The van der Waals surface area contributed by atoms with E-state index < -0.39 is 5.97 Å². The van der Waals surface area contributed by atoms with Crippen LogP contribution in [0.5, 0.6) is 0 Å². The summed E-state index contributed by atoms with van der Waals surface area (Å²) in [7, 11) is 1.75. The fourth-order valence-corrected chi connectivity index (χ4v) is 5.44. The number of hydrogen-bond acceptors (Lipinski definition) is 4. The van der Waals surface area contributed by atoms with Crippen LogP contribution in [0.3, 0.4) is 0 Å². The summed E-state index contributed by atoms with van der Waals surface area (Å²) in [6, 6.07) is 24.2. The number of carboxylic acid groups (broad SMARTS) is 1. The Labute approximate surface area is 218 Å². The molecule has 1 unspecified atom stereocenters. The predicted molar refractivity (Wildman–Crippen MR) is 152 cm³/mol. The van der Waals surface area contributed by atoms with Gasteiger partial charge in [0.2, 0.25) is 0 Å². The van der Waals surface area contributed by atoms with Crippen LogP contribution in [-0.4, -0.2) is 30.4 Å². The minimum Gasteiger partial charge on any atom is -0.478 e. The van der Waals surface area contributed by atoms with Crippen LogP contribution in [-0.2, 0) is 11.2 Å². The number of aliphatic imine (C=N–C) groups is 1. The summed E-state index contributed by atoms with van der Waals surface area (Å²) in [5, 5.41) is 8.99. The van der Waals surface area contributed by atoms with Gasteiger partial charge in [-0.25, -0.2) is 4.79 Å². The second-order valence-corrected chi connectivity index (χ2v) is 9.99. The topological polar surface area (TPSA) is 78.9 Å². The summed E-state index contributed by atoms with van der Waals surface area (Å²) < 4.78 is 0. The molecule has 0 aromatic heterocycles. The molecule has 5 heteroatoms. The third-order valence-electron chi connectivity index (χ3n) is 7.40. The lowest BCUT2D eigenvalue weighted by molar-refractivity contribution is -0.131. The van der Waals surface area contributed by atoms with Crippen LogP contribution in [0.2, 0.25) is 0 Å². The number of allylic oxidation sites excluding steroid dienone is 1. The Hall–Kier alpha value is -4.12. The first kappa shape index (κ1) is 24.6. The first-order chi connectivity index (χ1) is 18.0. The zero-order valence-electron chi connectivity index (χ0n) is 21.3. The van der Waals surface area contributed by atoms with E-state index in [9.17, 15) is 4.79 Å². The number of anilines is 1. The van der Waals surface area contributed by atoms with Gasteiger partial charge in [-0.3, -0.25) is 4.99 Å². The number of carbonyl (C=O) groups is 1. The van der Waals surface area contributed by atoms with E-state index in [1.165, 1.54) is 46.9 Å². The molecule has 2 atom stereocenters. The van der Waals surface area contributed by atoms with Crippen LogP contribution in [0.4, 0.5) is 5.69 Å². The third-order valence-corrected chi connectivity index (χ3v) is 7.40. The molecule has 0 saturated heterocycles. The van der Waals surface area contributed by atoms with Crippen molar-refractivity contribution in [3.05, 3.63) is 112 Å². The fourth-order valence-electron chi connectivity index (χ4n) is 5.44. The lowest BCUT2D eigenvalue weighted by Crippen LogP contribution is -2.43. The molecular weight excluding hydrogens is 458 g/mol. The van der Waals surface area contributed by atoms with E-state index >= 15 is 0 Å². The van der Waals surface area contributed by atoms with Crippen molar-refractivity contribution in [2.75, 3.05) is 11.9 Å². The molecule has 188 valence electrons. The van der Waals surface area contributed by atoms with Gasteiger partial charge >= 0.3 is 5.97 Å². The molecule has 1 aliphatic carbocycles. The Morgan fingerprint density at radius 3 is 2.35 bits per heavy atom. The monoisotopic (exact) mass is 491 g/mol. The standard InChI is InChI=1S/C32H33N3O2/c1-21-17-27-18-26(28(19-33)20-34-2)12-15-30(27)32(25-6-3-22(4-7-25)5-16-31(36)37)35(21)29-13-10-24(11-14-29)23-8-9-23/h3-7,10-16,18-21,23,32H,8-9,17,33H2,1-2H3,(H,36,37)/b16-5+,28-19?,34-20?/t21?,32-/m0/s1. The van der Waals surface area contributed by atoms with Gasteiger partial charge in [-0.05, 0) is 83.7 Å². The highest BCUT2D eigenvalue weighted by molar-refractivity contribution is 6.09. The molecule has 0 radical (unpaired) electrons. The van der Waals surface area contributed by atoms with Crippen molar-refractivity contribution < 1.29 is 9.90 Å². The SMILES string of the molecule is CN=CC(=CN)c1ccc2c(c1)CC(C)N(c1ccc(C3CC3)cc1)[C@H]2c1ccc(/C=C/C(=O)O)cc1. The maximum atomic E-state index is 11.0. The molecule has 1 saturated carbocycles. The smallest absolute Gasteiger partial charge is 0.328 e. The van der Waals surface area contributed by atoms with Crippen LogP contribution in [0.25, 0.3) is 11.6 Å². The Kier molecular flexibility index (Phi) is 6.95. The molecule has 3 N–H and O–H groups in total. The van der Waals surface area contributed by atoms with E-state index in [0.29, 0.717) is 0 Å². The first-order valence-electron chi connectivity index (χ1n) is 12.8. The van der Waals surface area contributed by atoms with Crippen molar-refractivity contribution in [1.29, 1.82) is 0 Å². The normalized spacial score (nSPS) is 19.9. The maximum Gasteiger partial charge on any atom is 0.328 e. The highest BCUT2D eigenvalue weighted by Gasteiger charge is 2.34. The van der Waals surface area contributed by atoms with E-state index in [2.05, 4.69) is 71.4 Å². The van der Waals surface area contributed by atoms with Crippen molar-refractivity contribution in [3.8, 4) is 0 Å². The van der Waals surface area contributed by atoms with Crippen molar-refractivity contribution in [2.24, 2.45) is 10.7 Å². The number of carboxylic acids is 1. The number of nitrogens with zero attached hydrogens (tertiary/aromatic N) is 2. The summed E-state index contributed by atoms with van der Waals surface area (Å²) in [6.07, 6.45) is 9.71. The largest absolute Gasteiger partial charge is 0.478 e. The maximum absolute atomic E-state index is 11.0. The quantitative estimate of drug-likeness (QED) is 0.305. The van der Waals surface area contributed by atoms with Crippen molar-refractivity contribution in [1.82, 2.24) is 0 Å². The van der Waals surface area contributed by atoms with Gasteiger partial charge in [0.1, 0.15) is 0 Å². The number of aliphatic carboxylic acids is 1. The van der Waals surface area contributed by atoms with Crippen LogP contribution in [0.1, 0.15) is 65.1 Å². The zero-order chi connectivity index (χ0) is 25.9. The van der Waals surface area contributed by atoms with E-state index in [1.54, 1.807) is 25.5 Å². The van der Waals surface area contributed by atoms with Gasteiger partial charge in [0.05, 0.1) is 6.04 Å². The van der Waals surface area contributed by atoms with Crippen molar-refractivity contribution >= 4 is 29.5 Å². The molecular formula is C32H33N3O2. The molecule has 2 aliphatic rings. The molecule has 1 heterocycles. The molecule has 1 aliphatic heterocycles.